The fourth-order valence-electron chi connectivity index (χ4n) is 3.79. The highest BCUT2D eigenvalue weighted by molar-refractivity contribution is 5.97. The number of amides is 1. The second-order valence-corrected chi connectivity index (χ2v) is 7.94. The first-order valence-electron chi connectivity index (χ1n) is 10.7. The summed E-state index contributed by atoms with van der Waals surface area (Å²) in [6.07, 6.45) is 0. The second kappa shape index (κ2) is 12.9. The van der Waals surface area contributed by atoms with Crippen molar-refractivity contribution < 1.29 is 9.53 Å². The summed E-state index contributed by atoms with van der Waals surface area (Å²) in [6, 6.07) is 20.3. The number of anilines is 1. The van der Waals surface area contributed by atoms with Crippen molar-refractivity contribution in [1.82, 2.24) is 10.2 Å². The molecular formula is C25H34N4O2. The Bertz CT molecular complexity index is 824. The van der Waals surface area contributed by atoms with E-state index in [-0.39, 0.29) is 5.91 Å². The van der Waals surface area contributed by atoms with E-state index in [0.717, 1.165) is 25.3 Å². The van der Waals surface area contributed by atoms with Crippen LogP contribution < -0.4 is 10.2 Å². The Hall–Kier alpha value is -2.72. The van der Waals surface area contributed by atoms with Crippen molar-refractivity contribution in [2.24, 2.45) is 0 Å². The van der Waals surface area contributed by atoms with Crippen molar-refractivity contribution in [2.75, 3.05) is 51.8 Å². The second-order valence-electron chi connectivity index (χ2n) is 7.94. The third-order valence-electron chi connectivity index (χ3n) is 5.22. The van der Waals surface area contributed by atoms with Crippen LogP contribution in [0.15, 0.2) is 54.6 Å². The van der Waals surface area contributed by atoms with Gasteiger partial charge in [-0.15, -0.1) is 0 Å². The molecule has 1 fully saturated rings. The van der Waals surface area contributed by atoms with E-state index in [1.807, 2.05) is 59.5 Å². The standard InChI is InChI=1S/C17H22N4O.C6H6.C2H6O/c1-12-9-21(16-7-14(8-18)3-4-15(12)16)17(22)11-20-6-5-19-13(2)10-20;1-2-4-6-5-3-1;1-3-2/h3-4,7,12-13,19H,5-6,9-11H2,1-2H3;1-6H;1-2H3. The fraction of sp³-hybridized carbons (Fsp3) is 0.440. The van der Waals surface area contributed by atoms with Crippen molar-refractivity contribution in [3.05, 3.63) is 65.7 Å². The van der Waals surface area contributed by atoms with Crippen molar-refractivity contribution in [3.63, 3.8) is 0 Å². The summed E-state index contributed by atoms with van der Waals surface area (Å²) in [4.78, 5) is 16.8. The van der Waals surface area contributed by atoms with Gasteiger partial charge in [0.1, 0.15) is 0 Å². The number of carbonyl (C=O) groups excluding carboxylic acids is 1. The molecule has 2 atom stereocenters. The number of nitriles is 1. The number of ether oxygens (including phenoxy) is 1. The van der Waals surface area contributed by atoms with E-state index in [1.54, 1.807) is 14.2 Å². The molecule has 4 rings (SSSR count). The average molecular weight is 423 g/mol. The zero-order valence-corrected chi connectivity index (χ0v) is 19.0. The number of nitrogens with zero attached hydrogens (tertiary/aromatic N) is 3. The van der Waals surface area contributed by atoms with Gasteiger partial charge < -0.3 is 15.0 Å². The number of hydrogen-bond acceptors (Lipinski definition) is 5. The highest BCUT2D eigenvalue weighted by Gasteiger charge is 2.31. The summed E-state index contributed by atoms with van der Waals surface area (Å²) < 4.78 is 4.25. The summed E-state index contributed by atoms with van der Waals surface area (Å²) in [7, 11) is 3.25. The molecule has 1 amide bonds. The molecule has 0 radical (unpaired) electrons. The van der Waals surface area contributed by atoms with Gasteiger partial charge in [-0.2, -0.15) is 5.26 Å². The molecule has 2 aliphatic rings. The average Bonchev–Trinajstić information content (AvgIpc) is 3.12. The van der Waals surface area contributed by atoms with Crippen LogP contribution in [0.2, 0.25) is 0 Å². The molecule has 0 bridgehead atoms. The number of benzene rings is 2. The summed E-state index contributed by atoms with van der Waals surface area (Å²) in [5.41, 5.74) is 2.70. The van der Waals surface area contributed by atoms with E-state index >= 15 is 0 Å². The number of fused-ring (bicyclic) bond motifs is 1. The molecule has 1 saturated heterocycles. The first-order valence-corrected chi connectivity index (χ1v) is 10.7. The number of hydrogen-bond donors (Lipinski definition) is 1. The Morgan fingerprint density at radius 2 is 1.74 bits per heavy atom. The summed E-state index contributed by atoms with van der Waals surface area (Å²) in [6.45, 7) is 8.18. The molecule has 0 aromatic heterocycles. The van der Waals surface area contributed by atoms with Crippen molar-refractivity contribution in [3.8, 4) is 6.07 Å². The zero-order chi connectivity index (χ0) is 22.6. The van der Waals surface area contributed by atoms with Gasteiger partial charge in [-0.25, -0.2) is 0 Å². The predicted octanol–water partition coefficient (Wildman–Crippen LogP) is 3.25. The molecule has 6 nitrogen and oxygen atoms in total. The molecule has 0 spiro atoms. The van der Waals surface area contributed by atoms with Gasteiger partial charge in [-0.3, -0.25) is 9.69 Å². The molecule has 2 unspecified atom stereocenters. The van der Waals surface area contributed by atoms with E-state index in [2.05, 4.69) is 34.9 Å². The van der Waals surface area contributed by atoms with Crippen LogP contribution in [-0.4, -0.2) is 63.8 Å². The quantitative estimate of drug-likeness (QED) is 0.805. The number of methoxy groups -OCH3 is 1. The molecule has 2 aromatic carbocycles. The lowest BCUT2D eigenvalue weighted by Gasteiger charge is -2.32. The number of carbonyl (C=O) groups is 1. The van der Waals surface area contributed by atoms with Gasteiger partial charge in [0.15, 0.2) is 0 Å². The maximum absolute atomic E-state index is 12.7. The van der Waals surface area contributed by atoms with Crippen LogP contribution in [-0.2, 0) is 9.53 Å². The highest BCUT2D eigenvalue weighted by atomic mass is 16.4. The minimum atomic E-state index is 0.134. The van der Waals surface area contributed by atoms with Gasteiger partial charge >= 0.3 is 0 Å². The van der Waals surface area contributed by atoms with Crippen LogP contribution in [0.1, 0.15) is 30.9 Å². The highest BCUT2D eigenvalue weighted by Crippen LogP contribution is 2.36. The fourth-order valence-corrected chi connectivity index (χ4v) is 3.79. The van der Waals surface area contributed by atoms with E-state index in [0.29, 0.717) is 30.6 Å². The van der Waals surface area contributed by atoms with Crippen LogP contribution in [0.5, 0.6) is 0 Å². The maximum Gasteiger partial charge on any atom is 0.241 e. The van der Waals surface area contributed by atoms with E-state index in [1.165, 1.54) is 5.56 Å². The molecular weight excluding hydrogens is 388 g/mol. The largest absolute Gasteiger partial charge is 0.388 e. The maximum atomic E-state index is 12.7. The minimum absolute atomic E-state index is 0.134. The predicted molar refractivity (Wildman–Crippen MR) is 125 cm³/mol. The smallest absolute Gasteiger partial charge is 0.241 e. The van der Waals surface area contributed by atoms with Crippen LogP contribution in [0.3, 0.4) is 0 Å². The Labute approximate surface area is 186 Å². The number of piperazine rings is 1. The Balaban J connectivity index is 0.000000318. The molecule has 2 heterocycles. The van der Waals surface area contributed by atoms with Gasteiger partial charge in [0.2, 0.25) is 5.91 Å². The summed E-state index contributed by atoms with van der Waals surface area (Å²) in [5.74, 6) is 0.462. The number of rotatable bonds is 2. The Morgan fingerprint density at radius 3 is 2.29 bits per heavy atom. The lowest BCUT2D eigenvalue weighted by atomic mass is 10.0. The summed E-state index contributed by atoms with van der Waals surface area (Å²) in [5, 5.41) is 12.5. The molecule has 2 aromatic rings. The van der Waals surface area contributed by atoms with Gasteiger partial charge in [-0.05, 0) is 24.6 Å². The van der Waals surface area contributed by atoms with Crippen LogP contribution >= 0.6 is 0 Å². The van der Waals surface area contributed by atoms with Gasteiger partial charge in [-0.1, -0.05) is 49.4 Å². The zero-order valence-electron chi connectivity index (χ0n) is 19.0. The monoisotopic (exact) mass is 422 g/mol. The SMILES string of the molecule is CC1CN(CC(=O)N2CC(C)c3ccc(C#N)cc32)CCN1.COC.c1ccccc1. The first kappa shape index (κ1) is 24.5. The topological polar surface area (TPSA) is 68.6 Å². The normalized spacial score (nSPS) is 19.8. The lowest BCUT2D eigenvalue weighted by Crippen LogP contribution is -2.52. The van der Waals surface area contributed by atoms with Crippen LogP contribution in [0.25, 0.3) is 0 Å². The van der Waals surface area contributed by atoms with Crippen LogP contribution in [0.4, 0.5) is 5.69 Å². The molecule has 2 aliphatic heterocycles. The number of nitrogens with one attached hydrogen (secondary N) is 1. The minimum Gasteiger partial charge on any atom is -0.388 e. The van der Waals surface area contributed by atoms with E-state index < -0.39 is 0 Å². The van der Waals surface area contributed by atoms with Crippen molar-refractivity contribution in [1.29, 1.82) is 5.26 Å². The first-order chi connectivity index (χ1) is 15.0. The van der Waals surface area contributed by atoms with Gasteiger partial charge in [0, 0.05) is 58.0 Å². The Kier molecular flexibility index (Phi) is 10.2. The molecule has 31 heavy (non-hydrogen) atoms. The van der Waals surface area contributed by atoms with Crippen LogP contribution in [0, 0.1) is 11.3 Å². The van der Waals surface area contributed by atoms with Crippen molar-refractivity contribution >= 4 is 11.6 Å². The molecule has 6 heteroatoms. The molecule has 1 N–H and O–H groups in total. The van der Waals surface area contributed by atoms with Crippen molar-refractivity contribution in [2.45, 2.75) is 25.8 Å². The van der Waals surface area contributed by atoms with E-state index in [4.69, 9.17) is 5.26 Å². The third-order valence-corrected chi connectivity index (χ3v) is 5.22. The Morgan fingerprint density at radius 1 is 1.13 bits per heavy atom. The third kappa shape index (κ3) is 7.48. The van der Waals surface area contributed by atoms with E-state index in [9.17, 15) is 4.79 Å². The molecule has 166 valence electrons. The lowest BCUT2D eigenvalue weighted by molar-refractivity contribution is -0.119. The summed E-state index contributed by atoms with van der Waals surface area (Å²) >= 11 is 0. The van der Waals surface area contributed by atoms with Gasteiger partial charge in [0.25, 0.3) is 0 Å². The van der Waals surface area contributed by atoms with Gasteiger partial charge in [0.05, 0.1) is 18.2 Å². The molecule has 0 saturated carbocycles. The molecule has 0 aliphatic carbocycles.